The zero-order chi connectivity index (χ0) is 14.8. The Kier molecular flexibility index (Phi) is 8.48. The molecule has 1 unspecified atom stereocenters. The van der Waals surface area contributed by atoms with Crippen molar-refractivity contribution in [3.8, 4) is 0 Å². The molecule has 6 heteroatoms. The summed E-state index contributed by atoms with van der Waals surface area (Å²) in [6, 6.07) is 0. The van der Waals surface area contributed by atoms with Crippen LogP contribution in [0.5, 0.6) is 0 Å². The molecule has 0 bridgehead atoms. The van der Waals surface area contributed by atoms with Crippen molar-refractivity contribution in [3.63, 3.8) is 0 Å². The molecule has 0 radical (unpaired) electrons. The van der Waals surface area contributed by atoms with Crippen LogP contribution in [-0.2, 0) is 14.3 Å². The summed E-state index contributed by atoms with van der Waals surface area (Å²) in [5.41, 5.74) is 0.283. The number of hydrogen-bond acceptors (Lipinski definition) is 5. The molecule has 0 saturated carbocycles. The Bertz CT molecular complexity index is 347. The maximum atomic E-state index is 11.4. The minimum Gasteiger partial charge on any atom is -0.478 e. The third-order valence-corrected chi connectivity index (χ3v) is 2.44. The largest absolute Gasteiger partial charge is 0.478 e. The van der Waals surface area contributed by atoms with Gasteiger partial charge < -0.3 is 20.1 Å². The Balaban J connectivity index is 3.77. The molecule has 0 saturated heterocycles. The molecule has 0 aromatic rings. The zero-order valence-electron chi connectivity index (χ0n) is 10.8. The maximum absolute atomic E-state index is 11.4. The second kappa shape index (κ2) is 9.29. The van der Waals surface area contributed by atoms with Gasteiger partial charge in [-0.1, -0.05) is 13.2 Å². The topological polar surface area (TPSA) is 104 Å². The molecule has 0 heterocycles. The third-order valence-electron chi connectivity index (χ3n) is 2.44. The van der Waals surface area contributed by atoms with E-state index < -0.39 is 18.0 Å². The van der Waals surface area contributed by atoms with Crippen LogP contribution in [0.2, 0.25) is 0 Å². The molecule has 0 amide bonds. The van der Waals surface area contributed by atoms with Gasteiger partial charge in [-0.3, -0.25) is 0 Å². The van der Waals surface area contributed by atoms with Gasteiger partial charge in [-0.05, 0) is 25.7 Å². The summed E-state index contributed by atoms with van der Waals surface area (Å²) < 4.78 is 4.88. The highest BCUT2D eigenvalue weighted by atomic mass is 16.5. The lowest BCUT2D eigenvalue weighted by molar-refractivity contribution is -0.139. The predicted molar refractivity (Wildman–Crippen MR) is 68.4 cm³/mol. The van der Waals surface area contributed by atoms with Crippen LogP contribution in [0.25, 0.3) is 0 Å². The molecule has 0 aliphatic heterocycles. The fourth-order valence-corrected chi connectivity index (χ4v) is 1.19. The lowest BCUT2D eigenvalue weighted by Crippen LogP contribution is -2.14. The van der Waals surface area contributed by atoms with Crippen LogP contribution in [0.3, 0.4) is 0 Å². The van der Waals surface area contributed by atoms with Gasteiger partial charge in [0.05, 0.1) is 19.3 Å². The number of aliphatic hydroxyl groups is 2. The highest BCUT2D eigenvalue weighted by Gasteiger charge is 2.11. The Hall–Kier alpha value is -1.66. The maximum Gasteiger partial charge on any atom is 0.333 e. The smallest absolute Gasteiger partial charge is 0.333 e. The van der Waals surface area contributed by atoms with Gasteiger partial charge in [0.15, 0.2) is 0 Å². The van der Waals surface area contributed by atoms with Gasteiger partial charge in [-0.15, -0.1) is 0 Å². The quantitative estimate of drug-likeness (QED) is 0.306. The SMILES string of the molecule is C=C(CCCOC(=O)C(=C)CCC(O)CO)C(=O)O. The molecular formula is C13H20O6. The highest BCUT2D eigenvalue weighted by Crippen LogP contribution is 2.09. The van der Waals surface area contributed by atoms with Crippen LogP contribution in [-0.4, -0.2) is 46.6 Å². The normalized spacial score (nSPS) is 11.7. The summed E-state index contributed by atoms with van der Waals surface area (Å²) >= 11 is 0. The van der Waals surface area contributed by atoms with Crippen molar-refractivity contribution in [2.45, 2.75) is 31.8 Å². The second-order valence-corrected chi connectivity index (χ2v) is 4.13. The van der Waals surface area contributed by atoms with Crippen molar-refractivity contribution in [2.24, 2.45) is 0 Å². The number of carboxylic acid groups (broad SMARTS) is 1. The fourth-order valence-electron chi connectivity index (χ4n) is 1.19. The molecule has 0 aromatic carbocycles. The van der Waals surface area contributed by atoms with Crippen molar-refractivity contribution in [3.05, 3.63) is 24.3 Å². The molecule has 0 rings (SSSR count). The number of rotatable bonds is 10. The van der Waals surface area contributed by atoms with Gasteiger partial charge in [-0.2, -0.15) is 0 Å². The van der Waals surface area contributed by atoms with E-state index in [0.717, 1.165) is 0 Å². The van der Waals surface area contributed by atoms with E-state index in [1.54, 1.807) is 0 Å². The zero-order valence-corrected chi connectivity index (χ0v) is 10.8. The molecule has 0 aromatic heterocycles. The first-order chi connectivity index (χ1) is 8.88. The lowest BCUT2D eigenvalue weighted by atomic mass is 10.1. The minimum absolute atomic E-state index is 0.0703. The first-order valence-corrected chi connectivity index (χ1v) is 5.93. The first kappa shape index (κ1) is 17.3. The van der Waals surface area contributed by atoms with Gasteiger partial charge in [0.1, 0.15) is 0 Å². The van der Waals surface area contributed by atoms with Gasteiger partial charge >= 0.3 is 11.9 Å². The van der Waals surface area contributed by atoms with E-state index in [9.17, 15) is 9.59 Å². The van der Waals surface area contributed by atoms with Crippen LogP contribution in [0.1, 0.15) is 25.7 Å². The van der Waals surface area contributed by atoms with Gasteiger partial charge in [0.2, 0.25) is 0 Å². The molecule has 0 aliphatic rings. The van der Waals surface area contributed by atoms with E-state index in [-0.39, 0.29) is 43.6 Å². The monoisotopic (exact) mass is 272 g/mol. The molecule has 0 aliphatic carbocycles. The summed E-state index contributed by atoms with van der Waals surface area (Å²) in [5, 5.41) is 26.3. The number of esters is 1. The fraction of sp³-hybridized carbons (Fsp3) is 0.538. The average molecular weight is 272 g/mol. The Morgan fingerprint density at radius 3 is 2.32 bits per heavy atom. The van der Waals surface area contributed by atoms with Gasteiger partial charge in [0.25, 0.3) is 0 Å². The van der Waals surface area contributed by atoms with E-state index in [2.05, 4.69) is 13.2 Å². The Morgan fingerprint density at radius 2 is 1.79 bits per heavy atom. The molecule has 108 valence electrons. The van der Waals surface area contributed by atoms with E-state index in [4.69, 9.17) is 20.1 Å². The standard InChI is InChI=1S/C13H20O6/c1-9(12(16)17)4-3-7-19-13(18)10(2)5-6-11(15)8-14/h11,14-15H,1-8H2,(H,16,17). The van der Waals surface area contributed by atoms with Gasteiger partial charge in [0, 0.05) is 11.1 Å². The highest BCUT2D eigenvalue weighted by molar-refractivity contribution is 5.87. The Labute approximate surface area is 112 Å². The van der Waals surface area contributed by atoms with E-state index in [0.29, 0.717) is 6.42 Å². The summed E-state index contributed by atoms with van der Waals surface area (Å²) in [6.45, 7) is 6.61. The number of carbonyl (C=O) groups excluding carboxylic acids is 1. The number of hydrogen-bond donors (Lipinski definition) is 3. The summed E-state index contributed by atoms with van der Waals surface area (Å²) in [7, 11) is 0. The van der Waals surface area contributed by atoms with Crippen LogP contribution in [0.4, 0.5) is 0 Å². The summed E-state index contributed by atoms with van der Waals surface area (Å²) in [4.78, 5) is 21.9. The van der Waals surface area contributed by atoms with Crippen LogP contribution >= 0.6 is 0 Å². The van der Waals surface area contributed by atoms with Crippen molar-refractivity contribution in [1.82, 2.24) is 0 Å². The molecular weight excluding hydrogens is 252 g/mol. The van der Waals surface area contributed by atoms with Crippen molar-refractivity contribution in [1.29, 1.82) is 0 Å². The summed E-state index contributed by atoms with van der Waals surface area (Å²) in [6.07, 6.45) is 0.230. The van der Waals surface area contributed by atoms with Crippen molar-refractivity contribution >= 4 is 11.9 Å². The van der Waals surface area contributed by atoms with Crippen molar-refractivity contribution < 1.29 is 29.6 Å². The lowest BCUT2D eigenvalue weighted by Gasteiger charge is -2.09. The third kappa shape index (κ3) is 8.12. The van der Waals surface area contributed by atoms with E-state index in [1.807, 2.05) is 0 Å². The molecule has 0 fully saturated rings. The van der Waals surface area contributed by atoms with E-state index >= 15 is 0 Å². The molecule has 19 heavy (non-hydrogen) atoms. The Morgan fingerprint density at radius 1 is 1.16 bits per heavy atom. The number of ether oxygens (including phenoxy) is 1. The second-order valence-electron chi connectivity index (χ2n) is 4.13. The number of aliphatic carboxylic acids is 1. The first-order valence-electron chi connectivity index (χ1n) is 5.93. The van der Waals surface area contributed by atoms with Crippen molar-refractivity contribution in [2.75, 3.05) is 13.2 Å². The van der Waals surface area contributed by atoms with E-state index in [1.165, 1.54) is 0 Å². The van der Waals surface area contributed by atoms with Crippen LogP contribution in [0, 0.1) is 0 Å². The van der Waals surface area contributed by atoms with Crippen LogP contribution in [0.15, 0.2) is 24.3 Å². The number of carbonyl (C=O) groups is 2. The molecule has 3 N–H and O–H groups in total. The molecule has 0 spiro atoms. The average Bonchev–Trinajstić information content (AvgIpc) is 2.39. The summed E-state index contributed by atoms with van der Waals surface area (Å²) in [5.74, 6) is -1.64. The molecule has 6 nitrogen and oxygen atoms in total. The number of aliphatic hydroxyl groups excluding tert-OH is 2. The predicted octanol–water partition coefficient (Wildman–Crippen LogP) is 0.640. The number of carboxylic acids is 1. The van der Waals surface area contributed by atoms with Crippen LogP contribution < -0.4 is 0 Å². The minimum atomic E-state index is -1.06. The van der Waals surface area contributed by atoms with Gasteiger partial charge in [-0.25, -0.2) is 9.59 Å². The molecule has 1 atom stereocenters.